The van der Waals surface area contributed by atoms with Gasteiger partial charge in [-0.15, -0.1) is 0 Å². The topological polar surface area (TPSA) is 57.6 Å². The average molecular weight is 233 g/mol. The largest absolute Gasteiger partial charge is 0.396 e. The molecule has 4 nitrogen and oxygen atoms in total. The zero-order chi connectivity index (χ0) is 10.9. The second-order valence-corrected chi connectivity index (χ2v) is 6.75. The number of hydrogen-bond acceptors (Lipinski definition) is 3. The van der Waals surface area contributed by atoms with Crippen LogP contribution in [0.4, 0.5) is 0 Å². The molecule has 1 aliphatic carbocycles. The Hall–Kier alpha value is -0.130. The van der Waals surface area contributed by atoms with Gasteiger partial charge in [-0.25, -0.2) is 12.7 Å². The third kappa shape index (κ3) is 2.34. The first kappa shape index (κ1) is 11.4. The molecule has 1 N–H and O–H groups in total. The van der Waals surface area contributed by atoms with Crippen LogP contribution in [0.1, 0.15) is 25.7 Å². The molecule has 0 aromatic heterocycles. The number of nitrogens with zero attached hydrogens (tertiary/aromatic N) is 1. The summed E-state index contributed by atoms with van der Waals surface area (Å²) in [7, 11) is -2.95. The molecule has 88 valence electrons. The molecule has 5 heteroatoms. The van der Waals surface area contributed by atoms with Crippen molar-refractivity contribution >= 4 is 10.0 Å². The maximum absolute atomic E-state index is 11.6. The van der Waals surface area contributed by atoms with Gasteiger partial charge in [-0.2, -0.15) is 0 Å². The third-order valence-electron chi connectivity index (χ3n) is 3.69. The molecule has 0 aromatic carbocycles. The minimum absolute atomic E-state index is 0.207. The Morgan fingerprint density at radius 2 is 1.93 bits per heavy atom. The molecule has 15 heavy (non-hydrogen) atoms. The predicted octanol–water partition coefficient (Wildman–Crippen LogP) is 0.430. The van der Waals surface area contributed by atoms with Gasteiger partial charge in [0.15, 0.2) is 0 Å². The number of aliphatic hydroxyl groups excluding tert-OH is 1. The van der Waals surface area contributed by atoms with Gasteiger partial charge in [0.25, 0.3) is 0 Å². The van der Waals surface area contributed by atoms with E-state index < -0.39 is 10.0 Å². The number of hydrogen-bond donors (Lipinski definition) is 1. The maximum Gasteiger partial charge on any atom is 0.214 e. The van der Waals surface area contributed by atoms with Gasteiger partial charge < -0.3 is 5.11 Å². The van der Waals surface area contributed by atoms with E-state index in [0.29, 0.717) is 30.7 Å². The molecule has 1 saturated heterocycles. The first-order valence-electron chi connectivity index (χ1n) is 5.72. The standard InChI is InChI=1S/C10H19NO3S/c12-8-10-4-1-3-9(10)7-11-5-2-6-15(11,13)14/h9-10,12H,1-8H2. The SMILES string of the molecule is O=S1(=O)CCCN1CC1CCCC1CO. The Balaban J connectivity index is 1.97. The van der Waals surface area contributed by atoms with E-state index in [1.165, 1.54) is 0 Å². The Morgan fingerprint density at radius 3 is 2.53 bits per heavy atom. The molecule has 2 unspecified atom stereocenters. The molecule has 1 aliphatic heterocycles. The fourth-order valence-corrected chi connectivity index (χ4v) is 4.33. The molecule has 1 heterocycles. The van der Waals surface area contributed by atoms with E-state index in [1.807, 2.05) is 0 Å². The van der Waals surface area contributed by atoms with Crippen molar-refractivity contribution in [1.82, 2.24) is 4.31 Å². The van der Waals surface area contributed by atoms with Crippen molar-refractivity contribution in [3.05, 3.63) is 0 Å². The quantitative estimate of drug-likeness (QED) is 0.769. The lowest BCUT2D eigenvalue weighted by Gasteiger charge is -2.23. The number of rotatable bonds is 3. The zero-order valence-corrected chi connectivity index (χ0v) is 9.75. The van der Waals surface area contributed by atoms with Crippen molar-refractivity contribution in [3.63, 3.8) is 0 Å². The minimum atomic E-state index is -2.95. The highest BCUT2D eigenvalue weighted by atomic mass is 32.2. The van der Waals surface area contributed by atoms with Gasteiger partial charge >= 0.3 is 0 Å². The highest BCUT2D eigenvalue weighted by molar-refractivity contribution is 7.89. The highest BCUT2D eigenvalue weighted by Crippen LogP contribution is 2.33. The van der Waals surface area contributed by atoms with Crippen LogP contribution in [0.25, 0.3) is 0 Å². The van der Waals surface area contributed by atoms with Crippen LogP contribution in [-0.2, 0) is 10.0 Å². The second kappa shape index (κ2) is 4.39. The molecule has 0 radical (unpaired) electrons. The van der Waals surface area contributed by atoms with E-state index in [9.17, 15) is 13.5 Å². The van der Waals surface area contributed by atoms with Crippen LogP contribution in [0.5, 0.6) is 0 Å². The summed E-state index contributed by atoms with van der Waals surface area (Å²) in [5.74, 6) is 1.01. The lowest BCUT2D eigenvalue weighted by Crippen LogP contribution is -2.33. The van der Waals surface area contributed by atoms with Gasteiger partial charge in [-0.1, -0.05) is 6.42 Å². The Labute approximate surface area is 91.3 Å². The first-order chi connectivity index (χ1) is 7.13. The van der Waals surface area contributed by atoms with Crippen LogP contribution < -0.4 is 0 Å². The molecule has 0 spiro atoms. The fraction of sp³-hybridized carbons (Fsp3) is 1.00. The number of aliphatic hydroxyl groups is 1. The van der Waals surface area contributed by atoms with Crippen molar-refractivity contribution in [3.8, 4) is 0 Å². The zero-order valence-electron chi connectivity index (χ0n) is 8.93. The van der Waals surface area contributed by atoms with E-state index in [2.05, 4.69) is 0 Å². The predicted molar refractivity (Wildman–Crippen MR) is 57.9 cm³/mol. The molecule has 0 amide bonds. The summed E-state index contributed by atoms with van der Waals surface area (Å²) in [6, 6.07) is 0. The molecule has 2 fully saturated rings. The number of sulfonamides is 1. The van der Waals surface area contributed by atoms with Crippen molar-refractivity contribution < 1.29 is 13.5 Å². The molecule has 2 aliphatic rings. The first-order valence-corrected chi connectivity index (χ1v) is 7.33. The van der Waals surface area contributed by atoms with Crippen LogP contribution >= 0.6 is 0 Å². The van der Waals surface area contributed by atoms with Gasteiger partial charge in [0.1, 0.15) is 0 Å². The second-order valence-electron chi connectivity index (χ2n) is 4.66. The van der Waals surface area contributed by atoms with Gasteiger partial charge in [0.05, 0.1) is 5.75 Å². The fourth-order valence-electron chi connectivity index (χ4n) is 2.75. The third-order valence-corrected chi connectivity index (χ3v) is 5.62. The van der Waals surface area contributed by atoms with E-state index in [4.69, 9.17) is 0 Å². The van der Waals surface area contributed by atoms with Crippen LogP contribution in [0.2, 0.25) is 0 Å². The average Bonchev–Trinajstić information content (AvgIpc) is 2.74. The summed E-state index contributed by atoms with van der Waals surface area (Å²) < 4.78 is 24.8. The van der Waals surface area contributed by atoms with Crippen LogP contribution in [-0.4, -0.2) is 43.3 Å². The Kier molecular flexibility index (Phi) is 3.33. The van der Waals surface area contributed by atoms with E-state index in [0.717, 1.165) is 25.7 Å². The molecule has 0 aromatic rings. The summed E-state index contributed by atoms with van der Waals surface area (Å²) in [6.07, 6.45) is 4.01. The van der Waals surface area contributed by atoms with Gasteiger partial charge in [-0.3, -0.25) is 0 Å². The van der Waals surface area contributed by atoms with Gasteiger partial charge in [0, 0.05) is 19.7 Å². The van der Waals surface area contributed by atoms with Crippen molar-refractivity contribution in [2.75, 3.05) is 25.4 Å². The smallest absolute Gasteiger partial charge is 0.214 e. The molecule has 0 bridgehead atoms. The summed E-state index contributed by atoms with van der Waals surface area (Å²) in [4.78, 5) is 0. The normalized spacial score (nSPS) is 36.1. The van der Waals surface area contributed by atoms with Crippen molar-refractivity contribution in [2.24, 2.45) is 11.8 Å². The maximum atomic E-state index is 11.6. The molecule has 2 atom stereocenters. The summed E-state index contributed by atoms with van der Waals surface area (Å²) in [6.45, 7) is 1.52. The van der Waals surface area contributed by atoms with Crippen LogP contribution in [0, 0.1) is 11.8 Å². The summed E-state index contributed by atoms with van der Waals surface area (Å²) in [5, 5.41) is 9.17. The minimum Gasteiger partial charge on any atom is -0.396 e. The summed E-state index contributed by atoms with van der Waals surface area (Å²) in [5.41, 5.74) is 0. The Morgan fingerprint density at radius 1 is 1.20 bits per heavy atom. The Bertz CT molecular complexity index is 315. The van der Waals surface area contributed by atoms with E-state index >= 15 is 0 Å². The molecule has 1 saturated carbocycles. The highest BCUT2D eigenvalue weighted by Gasteiger charge is 2.34. The summed E-state index contributed by atoms with van der Waals surface area (Å²) >= 11 is 0. The molecular weight excluding hydrogens is 214 g/mol. The van der Waals surface area contributed by atoms with E-state index in [1.54, 1.807) is 4.31 Å². The molecule has 2 rings (SSSR count). The van der Waals surface area contributed by atoms with Gasteiger partial charge in [0.2, 0.25) is 10.0 Å². The monoisotopic (exact) mass is 233 g/mol. The van der Waals surface area contributed by atoms with Crippen LogP contribution in [0.3, 0.4) is 0 Å². The molecular formula is C10H19NO3S. The van der Waals surface area contributed by atoms with Crippen LogP contribution in [0.15, 0.2) is 0 Å². The van der Waals surface area contributed by atoms with Crippen molar-refractivity contribution in [1.29, 1.82) is 0 Å². The van der Waals surface area contributed by atoms with E-state index in [-0.39, 0.29) is 6.61 Å². The van der Waals surface area contributed by atoms with Crippen molar-refractivity contribution in [2.45, 2.75) is 25.7 Å². The van der Waals surface area contributed by atoms with Gasteiger partial charge in [-0.05, 0) is 31.1 Å². The lowest BCUT2D eigenvalue weighted by molar-refractivity contribution is 0.181. The lowest BCUT2D eigenvalue weighted by atomic mass is 9.97.